The first kappa shape index (κ1) is 13.9. The maximum atomic E-state index is 14.2. The highest BCUT2D eigenvalue weighted by atomic mass is 79.9. The lowest BCUT2D eigenvalue weighted by molar-refractivity contribution is 0.514. The van der Waals surface area contributed by atoms with Gasteiger partial charge in [0.15, 0.2) is 5.82 Å². The first-order chi connectivity index (χ1) is 8.59. The van der Waals surface area contributed by atoms with Gasteiger partial charge in [0, 0.05) is 15.7 Å². The van der Waals surface area contributed by atoms with Crippen LogP contribution in [0.1, 0.15) is 37.7 Å². The Morgan fingerprint density at radius 3 is 2.61 bits per heavy atom. The van der Waals surface area contributed by atoms with Gasteiger partial charge in [0.1, 0.15) is 5.84 Å². The van der Waals surface area contributed by atoms with Crippen LogP contribution in [0.4, 0.5) is 4.39 Å². The molecule has 0 amide bonds. The van der Waals surface area contributed by atoms with Gasteiger partial charge in [0.05, 0.1) is 4.47 Å². The zero-order valence-electron chi connectivity index (χ0n) is 10.0. The number of benzene rings is 1. The van der Waals surface area contributed by atoms with Gasteiger partial charge in [-0.25, -0.2) is 4.39 Å². The predicted molar refractivity (Wildman–Crippen MR) is 77.8 cm³/mol. The molecule has 0 unspecified atom stereocenters. The van der Waals surface area contributed by atoms with E-state index in [1.807, 2.05) is 0 Å². The molecule has 5 heteroatoms. The molecule has 98 valence electrons. The van der Waals surface area contributed by atoms with Crippen LogP contribution in [0.25, 0.3) is 0 Å². The zero-order valence-corrected chi connectivity index (χ0v) is 12.4. The van der Waals surface area contributed by atoms with Gasteiger partial charge in [0.25, 0.3) is 0 Å². The molecule has 1 saturated carbocycles. The molecular weight excluding hydrogens is 315 g/mol. The van der Waals surface area contributed by atoms with Crippen molar-refractivity contribution in [3.8, 4) is 0 Å². The number of amidine groups is 1. The summed E-state index contributed by atoms with van der Waals surface area (Å²) >= 11 is 4.80. The maximum Gasteiger partial charge on any atom is 0.151 e. The number of nitrogens with one attached hydrogen (secondary N) is 1. The van der Waals surface area contributed by atoms with Crippen LogP contribution in [-0.2, 0) is 0 Å². The molecule has 2 rings (SSSR count). The van der Waals surface area contributed by atoms with E-state index in [0.29, 0.717) is 20.2 Å². The van der Waals surface area contributed by atoms with Crippen LogP contribution in [0, 0.1) is 11.2 Å². The molecule has 0 heterocycles. The highest BCUT2D eigenvalue weighted by Gasteiger charge is 2.19. The average molecular weight is 331 g/mol. The molecule has 0 saturated heterocycles. The largest absolute Gasteiger partial charge is 0.384 e. The van der Waals surface area contributed by atoms with Gasteiger partial charge in [-0.3, -0.25) is 5.41 Å². The van der Waals surface area contributed by atoms with Crippen molar-refractivity contribution in [2.24, 2.45) is 5.73 Å². The summed E-state index contributed by atoms with van der Waals surface area (Å²) < 4.78 is 14.5. The first-order valence-electron chi connectivity index (χ1n) is 6.08. The van der Waals surface area contributed by atoms with Gasteiger partial charge in [-0.05, 0) is 40.9 Å². The average Bonchev–Trinajstić information content (AvgIpc) is 2.36. The van der Waals surface area contributed by atoms with Gasteiger partial charge < -0.3 is 5.73 Å². The SMILES string of the molecule is N=C(N)c1ccc(SC2CCCCC2)c(F)c1Br. The minimum absolute atomic E-state index is 0.116. The molecule has 0 bridgehead atoms. The molecule has 1 aliphatic carbocycles. The fourth-order valence-electron chi connectivity index (χ4n) is 2.19. The Bertz CT molecular complexity index is 459. The summed E-state index contributed by atoms with van der Waals surface area (Å²) in [6.07, 6.45) is 6.11. The van der Waals surface area contributed by atoms with Crippen molar-refractivity contribution in [2.75, 3.05) is 0 Å². The van der Waals surface area contributed by atoms with E-state index in [0.717, 1.165) is 12.8 Å². The van der Waals surface area contributed by atoms with E-state index in [9.17, 15) is 4.39 Å². The molecule has 0 aromatic heterocycles. The highest BCUT2D eigenvalue weighted by molar-refractivity contribution is 9.10. The second-order valence-corrected chi connectivity index (χ2v) is 6.67. The molecule has 0 spiro atoms. The van der Waals surface area contributed by atoms with E-state index in [4.69, 9.17) is 11.1 Å². The standard InChI is InChI=1S/C13H16BrFN2S/c14-11-9(13(16)17)6-7-10(12(11)15)18-8-4-2-1-3-5-8/h6-8H,1-5H2,(H3,16,17). The van der Waals surface area contributed by atoms with Crippen LogP contribution in [0.15, 0.2) is 21.5 Å². The van der Waals surface area contributed by atoms with E-state index in [-0.39, 0.29) is 11.7 Å². The molecular formula is C13H16BrFN2S. The smallest absolute Gasteiger partial charge is 0.151 e. The maximum absolute atomic E-state index is 14.2. The van der Waals surface area contributed by atoms with Crippen molar-refractivity contribution >= 4 is 33.5 Å². The second kappa shape index (κ2) is 6.06. The summed E-state index contributed by atoms with van der Waals surface area (Å²) in [7, 11) is 0. The summed E-state index contributed by atoms with van der Waals surface area (Å²) in [6.45, 7) is 0. The Hall–Kier alpha value is -0.550. The van der Waals surface area contributed by atoms with Crippen LogP contribution < -0.4 is 5.73 Å². The van der Waals surface area contributed by atoms with Crippen LogP contribution in [0.2, 0.25) is 0 Å². The number of nitrogens with two attached hydrogens (primary N) is 1. The van der Waals surface area contributed by atoms with E-state index >= 15 is 0 Å². The molecule has 1 aliphatic rings. The van der Waals surface area contributed by atoms with E-state index in [1.54, 1.807) is 23.9 Å². The summed E-state index contributed by atoms with van der Waals surface area (Å²) in [6, 6.07) is 3.44. The molecule has 2 nitrogen and oxygen atoms in total. The molecule has 0 aliphatic heterocycles. The summed E-state index contributed by atoms with van der Waals surface area (Å²) in [5, 5.41) is 7.89. The van der Waals surface area contributed by atoms with Crippen molar-refractivity contribution in [3.05, 3.63) is 28.0 Å². The van der Waals surface area contributed by atoms with Gasteiger partial charge in [-0.15, -0.1) is 11.8 Å². The third kappa shape index (κ3) is 3.06. The van der Waals surface area contributed by atoms with Gasteiger partial charge in [-0.2, -0.15) is 0 Å². The summed E-state index contributed by atoms with van der Waals surface area (Å²) in [4.78, 5) is 0.652. The lowest BCUT2D eigenvalue weighted by atomic mass is 10.0. The van der Waals surface area contributed by atoms with Gasteiger partial charge in [-0.1, -0.05) is 19.3 Å². The third-order valence-corrected chi connectivity index (χ3v) is 5.33. The molecule has 1 aromatic carbocycles. The van der Waals surface area contributed by atoms with Crippen LogP contribution >= 0.6 is 27.7 Å². The first-order valence-corrected chi connectivity index (χ1v) is 7.76. The van der Waals surface area contributed by atoms with Crippen molar-refractivity contribution in [3.63, 3.8) is 0 Å². The fourth-order valence-corrected chi connectivity index (χ4v) is 4.16. The van der Waals surface area contributed by atoms with E-state index in [2.05, 4.69) is 15.9 Å². The van der Waals surface area contributed by atoms with E-state index in [1.165, 1.54) is 19.3 Å². The van der Waals surface area contributed by atoms with Crippen molar-refractivity contribution in [1.29, 1.82) is 5.41 Å². The molecule has 3 N–H and O–H groups in total. The quantitative estimate of drug-likeness (QED) is 0.641. The number of hydrogen-bond donors (Lipinski definition) is 2. The molecule has 1 aromatic rings. The van der Waals surface area contributed by atoms with Crippen LogP contribution in [0.3, 0.4) is 0 Å². The Balaban J connectivity index is 2.18. The predicted octanol–water partition coefficient (Wildman–Crippen LogP) is 4.30. The number of nitrogen functional groups attached to an aromatic ring is 1. The van der Waals surface area contributed by atoms with Gasteiger partial charge >= 0.3 is 0 Å². The molecule has 18 heavy (non-hydrogen) atoms. The second-order valence-electron chi connectivity index (χ2n) is 4.53. The zero-order chi connectivity index (χ0) is 13.1. The number of rotatable bonds is 3. The molecule has 0 atom stereocenters. The lowest BCUT2D eigenvalue weighted by Gasteiger charge is -2.21. The lowest BCUT2D eigenvalue weighted by Crippen LogP contribution is -2.13. The number of hydrogen-bond acceptors (Lipinski definition) is 2. The van der Waals surface area contributed by atoms with Crippen LogP contribution in [0.5, 0.6) is 0 Å². The highest BCUT2D eigenvalue weighted by Crippen LogP contribution is 2.37. The third-order valence-electron chi connectivity index (χ3n) is 3.18. The van der Waals surface area contributed by atoms with Crippen molar-refractivity contribution < 1.29 is 4.39 Å². The Morgan fingerprint density at radius 1 is 1.33 bits per heavy atom. The minimum atomic E-state index is -0.293. The van der Waals surface area contributed by atoms with Crippen molar-refractivity contribution in [2.45, 2.75) is 42.2 Å². The Kier molecular flexibility index (Phi) is 4.67. The normalized spacial score (nSPS) is 16.8. The van der Waals surface area contributed by atoms with Gasteiger partial charge in [0.2, 0.25) is 0 Å². The molecule has 0 radical (unpaired) electrons. The topological polar surface area (TPSA) is 49.9 Å². The molecule has 1 fully saturated rings. The van der Waals surface area contributed by atoms with Crippen molar-refractivity contribution in [1.82, 2.24) is 0 Å². The Labute approximate surface area is 119 Å². The summed E-state index contributed by atoms with van der Waals surface area (Å²) in [5.41, 5.74) is 5.81. The fraction of sp³-hybridized carbons (Fsp3) is 0.462. The Morgan fingerprint density at radius 2 is 2.00 bits per heavy atom. The van der Waals surface area contributed by atoms with Crippen LogP contribution in [-0.4, -0.2) is 11.1 Å². The number of thioether (sulfide) groups is 1. The monoisotopic (exact) mass is 330 g/mol. The number of halogens is 2. The minimum Gasteiger partial charge on any atom is -0.384 e. The van der Waals surface area contributed by atoms with E-state index < -0.39 is 0 Å². The summed E-state index contributed by atoms with van der Waals surface area (Å²) in [5.74, 6) is -0.409.